The molecule has 0 aliphatic carbocycles. The van der Waals surface area contributed by atoms with E-state index >= 15 is 0 Å². The molecule has 1 rings (SSSR count). The fraction of sp³-hybridized carbons (Fsp3) is 0.222. The van der Waals surface area contributed by atoms with E-state index in [1.165, 1.54) is 0 Å². The van der Waals surface area contributed by atoms with Gasteiger partial charge in [-0.3, -0.25) is 0 Å². The van der Waals surface area contributed by atoms with Crippen molar-refractivity contribution in [3.8, 4) is 0 Å². The van der Waals surface area contributed by atoms with E-state index in [1.807, 2.05) is 34.4 Å². The third-order valence-electron chi connectivity index (χ3n) is 1.34. The van der Waals surface area contributed by atoms with Crippen molar-refractivity contribution < 1.29 is 0 Å². The summed E-state index contributed by atoms with van der Waals surface area (Å²) in [5.74, 6) is 0. The second-order valence-corrected chi connectivity index (χ2v) is 2.28. The van der Waals surface area contributed by atoms with Crippen molar-refractivity contribution >= 4 is 0 Å². The molecule has 0 atom stereocenters. The average molecular weight is 148 g/mol. The normalized spacial score (nSPS) is 15.6. The van der Waals surface area contributed by atoms with Gasteiger partial charge in [0.25, 0.3) is 0 Å². The van der Waals surface area contributed by atoms with Gasteiger partial charge in [-0.05, 0) is 0 Å². The Hall–Kier alpha value is -1.18. The van der Waals surface area contributed by atoms with E-state index in [4.69, 9.17) is 0 Å². The van der Waals surface area contributed by atoms with Crippen molar-refractivity contribution in [3.63, 3.8) is 0 Å². The standard InChI is InChI=1S/C9H12N2/c1-3-5-10-7-8-11(9-10)6-4-2/h3-4,7-8H,1-2,5-6H2. The summed E-state index contributed by atoms with van der Waals surface area (Å²) >= 11 is 0. The van der Waals surface area contributed by atoms with Gasteiger partial charge in [-0.15, -0.1) is 13.2 Å². The Kier molecular flexibility index (Phi) is 2.78. The van der Waals surface area contributed by atoms with Gasteiger partial charge >= 0.3 is 0 Å². The molecule has 0 aromatic heterocycles. The van der Waals surface area contributed by atoms with Crippen LogP contribution in [0.4, 0.5) is 0 Å². The number of hydrogen-bond donors (Lipinski definition) is 0. The van der Waals surface area contributed by atoms with Gasteiger partial charge in [0, 0.05) is 25.5 Å². The van der Waals surface area contributed by atoms with Gasteiger partial charge in [-0.1, -0.05) is 12.2 Å². The van der Waals surface area contributed by atoms with Gasteiger partial charge in [-0.2, -0.15) is 0 Å². The number of rotatable bonds is 4. The first-order valence-corrected chi connectivity index (χ1v) is 3.56. The molecule has 0 saturated heterocycles. The lowest BCUT2D eigenvalue weighted by Gasteiger charge is -2.15. The second kappa shape index (κ2) is 3.86. The minimum Gasteiger partial charge on any atom is -0.343 e. The Morgan fingerprint density at radius 2 is 1.55 bits per heavy atom. The minimum absolute atomic E-state index is 0.810. The lowest BCUT2D eigenvalue weighted by Crippen LogP contribution is -2.19. The van der Waals surface area contributed by atoms with Crippen molar-refractivity contribution in [1.82, 2.24) is 9.80 Å². The lowest BCUT2D eigenvalue weighted by atomic mass is 10.5. The van der Waals surface area contributed by atoms with Crippen LogP contribution >= 0.6 is 0 Å². The molecular weight excluding hydrogens is 136 g/mol. The molecule has 0 aromatic carbocycles. The molecule has 0 aromatic rings. The highest BCUT2D eigenvalue weighted by molar-refractivity contribution is 5.00. The quantitative estimate of drug-likeness (QED) is 0.557. The van der Waals surface area contributed by atoms with Crippen molar-refractivity contribution in [2.45, 2.75) is 0 Å². The molecule has 0 amide bonds. The van der Waals surface area contributed by atoms with E-state index in [2.05, 4.69) is 19.8 Å². The van der Waals surface area contributed by atoms with Crippen LogP contribution in [0.25, 0.3) is 0 Å². The maximum Gasteiger partial charge on any atom is 0.208 e. The SMILES string of the molecule is C=CCN1[C]N(CC=C)C=C1. The highest BCUT2D eigenvalue weighted by Gasteiger charge is 2.10. The van der Waals surface area contributed by atoms with E-state index in [1.54, 1.807) is 0 Å². The Morgan fingerprint density at radius 3 is 1.91 bits per heavy atom. The van der Waals surface area contributed by atoms with E-state index in [0.717, 1.165) is 13.1 Å². The predicted octanol–water partition coefficient (Wildman–Crippen LogP) is 1.44. The summed E-state index contributed by atoms with van der Waals surface area (Å²) in [6.07, 6.45) is 7.61. The molecule has 1 aliphatic heterocycles. The van der Waals surface area contributed by atoms with E-state index < -0.39 is 0 Å². The van der Waals surface area contributed by atoms with Crippen LogP contribution in [-0.2, 0) is 0 Å². The van der Waals surface area contributed by atoms with Gasteiger partial charge in [0.1, 0.15) is 0 Å². The highest BCUT2D eigenvalue weighted by atomic mass is 15.3. The fourth-order valence-corrected chi connectivity index (χ4v) is 0.874. The molecule has 0 fully saturated rings. The molecule has 0 bridgehead atoms. The van der Waals surface area contributed by atoms with Crippen molar-refractivity contribution in [1.29, 1.82) is 0 Å². The molecule has 58 valence electrons. The zero-order chi connectivity index (χ0) is 8.10. The Labute approximate surface area is 68.1 Å². The van der Waals surface area contributed by atoms with Crippen LogP contribution < -0.4 is 0 Å². The van der Waals surface area contributed by atoms with Crippen LogP contribution in [0.2, 0.25) is 0 Å². The summed E-state index contributed by atoms with van der Waals surface area (Å²) in [4.78, 5) is 3.88. The van der Waals surface area contributed by atoms with Gasteiger partial charge in [0.2, 0.25) is 6.67 Å². The van der Waals surface area contributed by atoms with Gasteiger partial charge in [0.15, 0.2) is 0 Å². The zero-order valence-corrected chi connectivity index (χ0v) is 6.53. The molecule has 1 heterocycles. The summed E-state index contributed by atoms with van der Waals surface area (Å²) < 4.78 is 0. The molecule has 0 N–H and O–H groups in total. The molecule has 2 radical (unpaired) electrons. The zero-order valence-electron chi connectivity index (χ0n) is 6.53. The van der Waals surface area contributed by atoms with Crippen molar-refractivity contribution in [2.75, 3.05) is 13.1 Å². The van der Waals surface area contributed by atoms with Crippen LogP contribution in [0.5, 0.6) is 0 Å². The molecule has 0 spiro atoms. The summed E-state index contributed by atoms with van der Waals surface area (Å²) in [7, 11) is 0. The van der Waals surface area contributed by atoms with Crippen LogP contribution in [0.3, 0.4) is 0 Å². The first-order chi connectivity index (χ1) is 5.36. The monoisotopic (exact) mass is 148 g/mol. The average Bonchev–Trinajstić information content (AvgIpc) is 2.38. The highest BCUT2D eigenvalue weighted by Crippen LogP contribution is 2.09. The van der Waals surface area contributed by atoms with Crippen LogP contribution in [-0.4, -0.2) is 22.9 Å². The van der Waals surface area contributed by atoms with Crippen LogP contribution in [0.1, 0.15) is 0 Å². The molecule has 2 heteroatoms. The van der Waals surface area contributed by atoms with Crippen molar-refractivity contribution in [2.24, 2.45) is 0 Å². The van der Waals surface area contributed by atoms with E-state index in [-0.39, 0.29) is 0 Å². The maximum absolute atomic E-state index is 3.64. The first-order valence-electron chi connectivity index (χ1n) is 3.56. The number of hydrogen-bond acceptors (Lipinski definition) is 2. The molecule has 11 heavy (non-hydrogen) atoms. The molecule has 1 aliphatic rings. The third kappa shape index (κ3) is 2.15. The van der Waals surface area contributed by atoms with Gasteiger partial charge in [-0.25, -0.2) is 0 Å². The summed E-state index contributed by atoms with van der Waals surface area (Å²) in [6.45, 7) is 12.0. The summed E-state index contributed by atoms with van der Waals surface area (Å²) in [5.41, 5.74) is 0. The van der Waals surface area contributed by atoms with Crippen LogP contribution in [0.15, 0.2) is 37.7 Å². The van der Waals surface area contributed by atoms with E-state index in [0.29, 0.717) is 0 Å². The molecule has 0 unspecified atom stereocenters. The Bertz CT molecular complexity index is 154. The second-order valence-electron chi connectivity index (χ2n) is 2.28. The molecule has 2 nitrogen and oxygen atoms in total. The maximum atomic E-state index is 3.64. The smallest absolute Gasteiger partial charge is 0.208 e. The van der Waals surface area contributed by atoms with E-state index in [9.17, 15) is 0 Å². The topological polar surface area (TPSA) is 6.48 Å². The fourth-order valence-electron chi connectivity index (χ4n) is 0.874. The van der Waals surface area contributed by atoms with Crippen molar-refractivity contribution in [3.05, 3.63) is 44.4 Å². The van der Waals surface area contributed by atoms with Gasteiger partial charge < -0.3 is 9.80 Å². The Morgan fingerprint density at radius 1 is 1.09 bits per heavy atom. The molecule has 0 saturated carbocycles. The minimum atomic E-state index is 0.810. The third-order valence-corrected chi connectivity index (χ3v) is 1.34. The first kappa shape index (κ1) is 7.92. The largest absolute Gasteiger partial charge is 0.343 e. The van der Waals surface area contributed by atoms with Crippen LogP contribution in [0, 0.1) is 6.67 Å². The predicted molar refractivity (Wildman–Crippen MR) is 46.2 cm³/mol. The number of nitrogens with zero attached hydrogens (tertiary/aromatic N) is 2. The summed E-state index contributed by atoms with van der Waals surface area (Å²) in [5, 5.41) is 0. The van der Waals surface area contributed by atoms with Gasteiger partial charge in [0.05, 0.1) is 0 Å². The Balaban J connectivity index is 2.30. The summed E-state index contributed by atoms with van der Waals surface area (Å²) in [6, 6.07) is 0. The molecular formula is C9H12N2. The lowest BCUT2D eigenvalue weighted by molar-refractivity contribution is 0.387.